The number of hydrogen-bond donors (Lipinski definition) is 1. The van der Waals surface area contributed by atoms with Crippen LogP contribution < -0.4 is 4.90 Å². The summed E-state index contributed by atoms with van der Waals surface area (Å²) in [5.41, 5.74) is 6.59. The summed E-state index contributed by atoms with van der Waals surface area (Å²) in [5, 5.41) is 9.90. The molecular formula is C27H28FN5O. The lowest BCUT2D eigenvalue weighted by Crippen LogP contribution is -2.36. The molecule has 0 aliphatic carbocycles. The maximum atomic E-state index is 13.4. The summed E-state index contributed by atoms with van der Waals surface area (Å²) in [7, 11) is 4.17. The zero-order valence-corrected chi connectivity index (χ0v) is 19.4. The molecule has 1 fully saturated rings. The second-order valence-corrected chi connectivity index (χ2v) is 9.56. The number of aliphatic hydroxyl groups excluding tert-OH is 1. The molecule has 0 amide bonds. The van der Waals surface area contributed by atoms with Crippen LogP contribution in [-0.4, -0.2) is 64.0 Å². The van der Waals surface area contributed by atoms with Gasteiger partial charge in [-0.1, -0.05) is 12.1 Å². The lowest BCUT2D eigenvalue weighted by Gasteiger charge is -2.24. The highest BCUT2D eigenvalue weighted by molar-refractivity contribution is 5.72. The molecular weight excluding hydrogens is 429 g/mol. The number of rotatable bonds is 4. The molecule has 7 heteroatoms. The number of hydrogen-bond acceptors (Lipinski definition) is 4. The quantitative estimate of drug-likeness (QED) is 0.445. The van der Waals surface area contributed by atoms with Crippen molar-refractivity contribution in [2.24, 2.45) is 5.92 Å². The summed E-state index contributed by atoms with van der Waals surface area (Å²) in [6, 6.07) is 15.7. The summed E-state index contributed by atoms with van der Waals surface area (Å²) in [6.07, 6.45) is 5.97. The smallest absolute Gasteiger partial charge is 0.161 e. The van der Waals surface area contributed by atoms with Crippen molar-refractivity contribution in [3.8, 4) is 28.3 Å². The number of fused-ring (bicyclic) bond motifs is 5. The Morgan fingerprint density at radius 3 is 2.62 bits per heavy atom. The third-order valence-electron chi connectivity index (χ3n) is 7.28. The molecule has 2 aromatic carbocycles. The Balaban J connectivity index is 1.39. The van der Waals surface area contributed by atoms with Crippen molar-refractivity contribution in [1.82, 2.24) is 19.0 Å². The van der Waals surface area contributed by atoms with E-state index in [9.17, 15) is 9.50 Å². The van der Waals surface area contributed by atoms with Gasteiger partial charge in [0.15, 0.2) is 5.82 Å². The van der Waals surface area contributed by atoms with Crippen molar-refractivity contribution in [2.45, 2.75) is 12.6 Å². The fourth-order valence-corrected chi connectivity index (χ4v) is 5.46. The third kappa shape index (κ3) is 3.43. The number of aromatic nitrogens is 3. The zero-order chi connectivity index (χ0) is 23.4. The van der Waals surface area contributed by atoms with E-state index in [1.807, 2.05) is 24.5 Å². The van der Waals surface area contributed by atoms with Gasteiger partial charge in [0.25, 0.3) is 0 Å². The molecule has 6 nitrogen and oxygen atoms in total. The van der Waals surface area contributed by atoms with Crippen molar-refractivity contribution in [3.63, 3.8) is 0 Å². The van der Waals surface area contributed by atoms with Gasteiger partial charge in [0.1, 0.15) is 5.82 Å². The monoisotopic (exact) mass is 457 g/mol. The fraction of sp³-hybridized carbons (Fsp3) is 0.296. The van der Waals surface area contributed by atoms with Crippen LogP contribution in [0.15, 0.2) is 67.1 Å². The van der Waals surface area contributed by atoms with Crippen LogP contribution in [0.2, 0.25) is 0 Å². The van der Waals surface area contributed by atoms with E-state index in [1.54, 1.807) is 0 Å². The highest BCUT2D eigenvalue weighted by atomic mass is 19.1. The van der Waals surface area contributed by atoms with Crippen molar-refractivity contribution >= 4 is 5.69 Å². The van der Waals surface area contributed by atoms with Gasteiger partial charge in [-0.3, -0.25) is 4.57 Å². The van der Waals surface area contributed by atoms with E-state index in [4.69, 9.17) is 0 Å². The maximum Gasteiger partial charge on any atom is 0.161 e. The lowest BCUT2D eigenvalue weighted by atomic mass is 10.0. The zero-order valence-electron chi connectivity index (χ0n) is 19.4. The number of aliphatic hydroxyl groups is 1. The molecule has 1 N–H and O–H groups in total. The Morgan fingerprint density at radius 2 is 1.88 bits per heavy atom. The van der Waals surface area contributed by atoms with Gasteiger partial charge in [-0.25, -0.2) is 9.37 Å². The van der Waals surface area contributed by atoms with Crippen molar-refractivity contribution in [3.05, 3.63) is 78.5 Å². The van der Waals surface area contributed by atoms with Crippen molar-refractivity contribution in [2.75, 3.05) is 38.7 Å². The van der Waals surface area contributed by atoms with Gasteiger partial charge in [0.05, 0.1) is 11.4 Å². The van der Waals surface area contributed by atoms with Gasteiger partial charge in [0, 0.05) is 68.0 Å². The number of benzene rings is 2. The van der Waals surface area contributed by atoms with E-state index in [0.29, 0.717) is 6.04 Å². The molecule has 0 unspecified atom stereocenters. The minimum atomic E-state index is -0.233. The minimum absolute atomic E-state index is 0.196. The molecule has 2 aromatic heterocycles. The Morgan fingerprint density at radius 1 is 1.06 bits per heavy atom. The average molecular weight is 458 g/mol. The first-order chi connectivity index (χ1) is 16.5. The topological polar surface area (TPSA) is 49.5 Å². The van der Waals surface area contributed by atoms with Gasteiger partial charge in [-0.15, -0.1) is 0 Å². The molecule has 0 bridgehead atoms. The van der Waals surface area contributed by atoms with Crippen LogP contribution in [0.4, 0.5) is 10.1 Å². The van der Waals surface area contributed by atoms with Crippen molar-refractivity contribution in [1.29, 1.82) is 0 Å². The van der Waals surface area contributed by atoms with E-state index < -0.39 is 0 Å². The Hall–Kier alpha value is -3.42. The highest BCUT2D eigenvalue weighted by Crippen LogP contribution is 2.36. The molecule has 6 rings (SSSR count). The normalized spacial score (nSPS) is 19.1. The molecule has 0 spiro atoms. The van der Waals surface area contributed by atoms with Gasteiger partial charge < -0.3 is 19.5 Å². The third-order valence-corrected chi connectivity index (χ3v) is 7.28. The van der Waals surface area contributed by atoms with Gasteiger partial charge in [0.2, 0.25) is 0 Å². The molecule has 34 heavy (non-hydrogen) atoms. The van der Waals surface area contributed by atoms with Crippen LogP contribution in [0.1, 0.15) is 5.56 Å². The minimum Gasteiger partial charge on any atom is -0.396 e. The first kappa shape index (κ1) is 21.1. The maximum absolute atomic E-state index is 13.4. The summed E-state index contributed by atoms with van der Waals surface area (Å²) in [4.78, 5) is 9.26. The highest BCUT2D eigenvalue weighted by Gasteiger charge is 2.34. The van der Waals surface area contributed by atoms with Crippen LogP contribution in [-0.2, 0) is 6.54 Å². The van der Waals surface area contributed by atoms with E-state index in [2.05, 4.69) is 68.5 Å². The van der Waals surface area contributed by atoms with Crippen LogP contribution >= 0.6 is 0 Å². The number of anilines is 1. The number of nitrogens with zero attached hydrogens (tertiary/aromatic N) is 5. The summed E-state index contributed by atoms with van der Waals surface area (Å²) >= 11 is 0. The van der Waals surface area contributed by atoms with E-state index in [0.717, 1.165) is 48.0 Å². The average Bonchev–Trinajstić information content (AvgIpc) is 3.56. The predicted molar refractivity (Wildman–Crippen MR) is 132 cm³/mol. The molecule has 4 aromatic rings. The molecule has 174 valence electrons. The first-order valence-electron chi connectivity index (χ1n) is 11.7. The summed E-state index contributed by atoms with van der Waals surface area (Å²) in [5.74, 6) is 0.904. The fourth-order valence-electron chi connectivity index (χ4n) is 5.46. The summed E-state index contributed by atoms with van der Waals surface area (Å²) in [6.45, 7) is 2.66. The molecule has 0 radical (unpaired) electrons. The largest absolute Gasteiger partial charge is 0.396 e. The number of imidazole rings is 1. The first-order valence-corrected chi connectivity index (χ1v) is 11.7. The molecule has 2 aliphatic heterocycles. The standard InChI is InChI=1S/C27H28FN5O/c1-30(2)26-16-31(15-21(26)17-34)23-7-8-24-20(11-23)14-32-13-19(18-3-5-22(28)6-4-18)12-25(32)27-29-9-10-33(24)27/h3-13,21,26,34H,14-17H2,1-2H3/t21-,26+/m0/s1. The lowest BCUT2D eigenvalue weighted by molar-refractivity contribution is 0.168. The van der Waals surface area contributed by atoms with Crippen molar-refractivity contribution < 1.29 is 9.50 Å². The molecule has 0 saturated carbocycles. The van der Waals surface area contributed by atoms with Crippen LogP contribution in [0.25, 0.3) is 28.3 Å². The van der Waals surface area contributed by atoms with E-state index in [-0.39, 0.29) is 18.3 Å². The van der Waals surface area contributed by atoms with Gasteiger partial charge in [-0.05, 0) is 61.6 Å². The second kappa shape index (κ2) is 8.11. The molecule has 2 aliphatic rings. The van der Waals surface area contributed by atoms with Crippen LogP contribution in [0.3, 0.4) is 0 Å². The van der Waals surface area contributed by atoms with Gasteiger partial charge >= 0.3 is 0 Å². The second-order valence-electron chi connectivity index (χ2n) is 9.56. The number of halogens is 1. The Labute approximate surface area is 198 Å². The predicted octanol–water partition coefficient (Wildman–Crippen LogP) is 3.87. The Kier molecular flexibility index (Phi) is 5.04. The van der Waals surface area contributed by atoms with Crippen LogP contribution in [0.5, 0.6) is 0 Å². The molecule has 1 saturated heterocycles. The number of likely N-dealkylation sites (N-methyl/N-ethyl adjacent to an activating group) is 1. The van der Waals surface area contributed by atoms with Gasteiger partial charge in [-0.2, -0.15) is 0 Å². The molecule has 4 heterocycles. The van der Waals surface area contributed by atoms with Crippen LogP contribution in [0, 0.1) is 11.7 Å². The van der Waals surface area contributed by atoms with E-state index >= 15 is 0 Å². The summed E-state index contributed by atoms with van der Waals surface area (Å²) < 4.78 is 17.8. The molecule has 2 atom stereocenters. The van der Waals surface area contributed by atoms with E-state index in [1.165, 1.54) is 23.4 Å². The SMILES string of the molecule is CN(C)[C@@H]1CN(c2ccc3c(c2)Cn2cc(-c4ccc(F)cc4)cc2-c2nccn2-3)C[C@H]1CO. The Bertz CT molecular complexity index is 1340.